The molecular formula is C19H23N7O3. The van der Waals surface area contributed by atoms with E-state index in [9.17, 15) is 4.79 Å². The Hall–Kier alpha value is -3.48. The number of aromatic nitrogens is 4. The van der Waals surface area contributed by atoms with Gasteiger partial charge in [0.05, 0.1) is 26.5 Å². The summed E-state index contributed by atoms with van der Waals surface area (Å²) in [7, 11) is 4.85. The molecule has 2 heterocycles. The topological polar surface area (TPSA) is 107 Å². The smallest absolute Gasteiger partial charge is 0.222 e. The van der Waals surface area contributed by atoms with Gasteiger partial charge in [-0.05, 0) is 10.4 Å². The van der Waals surface area contributed by atoms with Crippen molar-refractivity contribution in [3.8, 4) is 29.5 Å². The lowest BCUT2D eigenvalue weighted by Crippen LogP contribution is -2.29. The van der Waals surface area contributed by atoms with Gasteiger partial charge in [-0.15, -0.1) is 17.4 Å². The first-order chi connectivity index (χ1) is 14.0. The maximum Gasteiger partial charge on any atom is 0.222 e. The fourth-order valence-corrected chi connectivity index (χ4v) is 2.89. The number of nitrogens with zero attached hydrogens (tertiary/aromatic N) is 7. The van der Waals surface area contributed by atoms with Crippen LogP contribution in [0.1, 0.15) is 31.5 Å². The fourth-order valence-electron chi connectivity index (χ4n) is 2.89. The zero-order valence-corrected chi connectivity index (χ0v) is 16.7. The van der Waals surface area contributed by atoms with Gasteiger partial charge >= 0.3 is 0 Å². The minimum atomic E-state index is -0.471. The number of amides is 1. The van der Waals surface area contributed by atoms with Crippen molar-refractivity contribution in [2.45, 2.75) is 37.9 Å². The van der Waals surface area contributed by atoms with E-state index in [1.165, 1.54) is 0 Å². The predicted octanol–water partition coefficient (Wildman–Crippen LogP) is 1.99. The van der Waals surface area contributed by atoms with Gasteiger partial charge in [0.1, 0.15) is 11.5 Å². The van der Waals surface area contributed by atoms with E-state index in [1.54, 1.807) is 49.0 Å². The molecule has 0 aliphatic carbocycles. The molecule has 29 heavy (non-hydrogen) atoms. The van der Waals surface area contributed by atoms with Crippen LogP contribution in [0.25, 0.3) is 5.69 Å². The average molecular weight is 397 g/mol. The maximum absolute atomic E-state index is 12.6. The summed E-state index contributed by atoms with van der Waals surface area (Å²) in [6.07, 6.45) is 7.44. The van der Waals surface area contributed by atoms with E-state index >= 15 is 0 Å². The number of carbonyl (C=O) groups is 1. The monoisotopic (exact) mass is 397 g/mol. The lowest BCUT2D eigenvalue weighted by Gasteiger charge is -2.18. The van der Waals surface area contributed by atoms with Gasteiger partial charge < -0.3 is 14.4 Å². The van der Waals surface area contributed by atoms with Gasteiger partial charge in [-0.3, -0.25) is 4.79 Å². The number of methoxy groups -OCH3 is 2. The average Bonchev–Trinajstić information content (AvgIpc) is 3.37. The highest BCUT2D eigenvalue weighted by Crippen LogP contribution is 2.37. The number of rotatable bonds is 10. The SMILES string of the molecule is C#CCCC1(CCC(=O)N(C)Cc2nnnn2-c2cc(OC)cc(OC)c2)N=N1. The molecule has 1 aliphatic rings. The van der Waals surface area contributed by atoms with Gasteiger partial charge in [0.25, 0.3) is 0 Å². The number of ether oxygens (including phenoxy) is 2. The molecule has 2 aromatic rings. The van der Waals surface area contributed by atoms with Crippen molar-refractivity contribution in [1.29, 1.82) is 0 Å². The molecule has 1 aromatic heterocycles. The van der Waals surface area contributed by atoms with E-state index in [1.807, 2.05) is 0 Å². The fraction of sp³-hybridized carbons (Fsp3) is 0.474. The Kier molecular flexibility index (Phi) is 6.07. The maximum atomic E-state index is 12.6. The normalized spacial score (nSPS) is 13.6. The second-order valence-electron chi connectivity index (χ2n) is 6.71. The minimum Gasteiger partial charge on any atom is -0.497 e. The minimum absolute atomic E-state index is 0.0415. The number of terminal acetylenes is 1. The van der Waals surface area contributed by atoms with E-state index in [0.717, 1.165) is 0 Å². The zero-order chi connectivity index (χ0) is 20.9. The molecular weight excluding hydrogens is 374 g/mol. The van der Waals surface area contributed by atoms with Crippen LogP contribution in [0.3, 0.4) is 0 Å². The first-order valence-electron chi connectivity index (χ1n) is 9.12. The first-order valence-corrected chi connectivity index (χ1v) is 9.12. The number of hydrogen-bond donors (Lipinski definition) is 0. The highest BCUT2D eigenvalue weighted by atomic mass is 16.5. The Morgan fingerprint density at radius 2 is 1.90 bits per heavy atom. The quantitative estimate of drug-likeness (QED) is 0.568. The van der Waals surface area contributed by atoms with E-state index in [2.05, 4.69) is 31.7 Å². The van der Waals surface area contributed by atoms with Crippen molar-refractivity contribution in [1.82, 2.24) is 25.1 Å². The third-order valence-electron chi connectivity index (χ3n) is 4.71. The molecule has 0 spiro atoms. The van der Waals surface area contributed by atoms with Crippen molar-refractivity contribution < 1.29 is 14.3 Å². The Balaban J connectivity index is 1.65. The Labute approximate surface area is 168 Å². The molecule has 0 atom stereocenters. The number of carbonyl (C=O) groups excluding carboxylic acids is 1. The zero-order valence-electron chi connectivity index (χ0n) is 16.7. The Morgan fingerprint density at radius 3 is 2.48 bits per heavy atom. The van der Waals surface area contributed by atoms with Gasteiger partial charge in [0, 0.05) is 50.9 Å². The Bertz CT molecular complexity index is 919. The van der Waals surface area contributed by atoms with Crippen LogP contribution in [-0.2, 0) is 11.3 Å². The second kappa shape index (κ2) is 8.68. The third-order valence-corrected chi connectivity index (χ3v) is 4.71. The van der Waals surface area contributed by atoms with E-state index in [4.69, 9.17) is 15.9 Å². The highest BCUT2D eigenvalue weighted by Gasteiger charge is 2.39. The number of benzene rings is 1. The van der Waals surface area contributed by atoms with Crippen LogP contribution >= 0.6 is 0 Å². The van der Waals surface area contributed by atoms with Crippen molar-refractivity contribution in [3.63, 3.8) is 0 Å². The molecule has 10 heteroatoms. The predicted molar refractivity (Wildman–Crippen MR) is 104 cm³/mol. The van der Waals surface area contributed by atoms with E-state index in [0.29, 0.717) is 48.7 Å². The molecule has 10 nitrogen and oxygen atoms in total. The summed E-state index contributed by atoms with van der Waals surface area (Å²) in [5, 5.41) is 20.0. The number of hydrogen-bond acceptors (Lipinski definition) is 8. The summed E-state index contributed by atoms with van der Waals surface area (Å²) >= 11 is 0. The third kappa shape index (κ3) is 4.87. The van der Waals surface area contributed by atoms with Crippen LogP contribution in [0.5, 0.6) is 11.5 Å². The summed E-state index contributed by atoms with van der Waals surface area (Å²) in [4.78, 5) is 14.1. The highest BCUT2D eigenvalue weighted by molar-refractivity contribution is 5.75. The van der Waals surface area contributed by atoms with Gasteiger partial charge in [-0.2, -0.15) is 14.9 Å². The summed E-state index contributed by atoms with van der Waals surface area (Å²) in [6, 6.07) is 5.33. The largest absolute Gasteiger partial charge is 0.497 e. The summed E-state index contributed by atoms with van der Waals surface area (Å²) in [5.74, 6) is 4.28. The van der Waals surface area contributed by atoms with Crippen molar-refractivity contribution in [2.24, 2.45) is 10.2 Å². The molecule has 1 amide bonds. The van der Waals surface area contributed by atoms with Crippen molar-refractivity contribution in [2.75, 3.05) is 21.3 Å². The Morgan fingerprint density at radius 1 is 1.21 bits per heavy atom. The second-order valence-corrected chi connectivity index (χ2v) is 6.71. The molecule has 0 radical (unpaired) electrons. The summed E-state index contributed by atoms with van der Waals surface area (Å²) in [5.41, 5.74) is 0.201. The van der Waals surface area contributed by atoms with Gasteiger partial charge in [0.2, 0.25) is 5.91 Å². The van der Waals surface area contributed by atoms with Crippen molar-refractivity contribution >= 4 is 5.91 Å². The van der Waals surface area contributed by atoms with E-state index < -0.39 is 5.66 Å². The standard InChI is InChI=1S/C19H23N7O3/c1-5-6-8-19(21-22-19)9-7-18(27)25(2)13-17-20-23-24-26(17)14-10-15(28-3)12-16(11-14)29-4/h1,10-12H,6-9,13H2,2-4H3. The van der Waals surface area contributed by atoms with Gasteiger partial charge in [-0.1, -0.05) is 0 Å². The van der Waals surface area contributed by atoms with Crippen LogP contribution in [0.4, 0.5) is 0 Å². The molecule has 1 aromatic carbocycles. The van der Waals surface area contributed by atoms with Crippen LogP contribution in [0.15, 0.2) is 28.4 Å². The molecule has 152 valence electrons. The molecule has 3 rings (SSSR count). The van der Waals surface area contributed by atoms with Crippen LogP contribution in [0, 0.1) is 12.3 Å². The molecule has 0 unspecified atom stereocenters. The van der Waals surface area contributed by atoms with Crippen molar-refractivity contribution in [3.05, 3.63) is 24.0 Å². The molecule has 0 saturated carbocycles. The molecule has 0 N–H and O–H groups in total. The lowest BCUT2D eigenvalue weighted by atomic mass is 10.0. The summed E-state index contributed by atoms with van der Waals surface area (Å²) in [6.45, 7) is 0.247. The van der Waals surface area contributed by atoms with Crippen LogP contribution in [0.2, 0.25) is 0 Å². The van der Waals surface area contributed by atoms with Crippen LogP contribution in [-0.4, -0.2) is 57.9 Å². The molecule has 0 saturated heterocycles. The molecule has 0 fully saturated rings. The van der Waals surface area contributed by atoms with Gasteiger partial charge in [0.15, 0.2) is 11.5 Å². The lowest BCUT2D eigenvalue weighted by molar-refractivity contribution is -0.130. The molecule has 1 aliphatic heterocycles. The molecule has 0 bridgehead atoms. The van der Waals surface area contributed by atoms with E-state index in [-0.39, 0.29) is 12.5 Å². The summed E-state index contributed by atoms with van der Waals surface area (Å²) < 4.78 is 12.1. The first kappa shape index (κ1) is 20.3. The number of tetrazole rings is 1. The van der Waals surface area contributed by atoms with Gasteiger partial charge in [-0.25, -0.2) is 0 Å². The van der Waals surface area contributed by atoms with Crippen LogP contribution < -0.4 is 9.47 Å².